The van der Waals surface area contributed by atoms with Crippen LogP contribution in [-0.2, 0) is 5.88 Å². The number of hydrogen-bond acceptors (Lipinski definition) is 1. The number of methoxy groups -OCH3 is 1. The first-order chi connectivity index (χ1) is 5.69. The summed E-state index contributed by atoms with van der Waals surface area (Å²) in [6.07, 6.45) is 0. The van der Waals surface area contributed by atoms with E-state index in [0.29, 0.717) is 16.9 Å². The van der Waals surface area contributed by atoms with Crippen LogP contribution in [0, 0.1) is 12.7 Å². The molecular weight excluding hydrogens is 179 g/mol. The Morgan fingerprint density at radius 1 is 1.50 bits per heavy atom. The van der Waals surface area contributed by atoms with Crippen LogP contribution < -0.4 is 4.74 Å². The third-order valence-corrected chi connectivity index (χ3v) is 1.99. The van der Waals surface area contributed by atoms with E-state index in [9.17, 15) is 4.39 Å². The molecule has 1 nitrogen and oxygen atoms in total. The van der Waals surface area contributed by atoms with Crippen molar-refractivity contribution in [3.63, 3.8) is 0 Å². The molecule has 0 atom stereocenters. The number of alkyl halides is 1. The molecule has 0 aliphatic heterocycles. The van der Waals surface area contributed by atoms with Crippen molar-refractivity contribution < 1.29 is 9.13 Å². The van der Waals surface area contributed by atoms with E-state index in [-0.39, 0.29) is 11.7 Å². The van der Waals surface area contributed by atoms with E-state index in [4.69, 9.17) is 16.3 Å². The number of ether oxygens (including phenoxy) is 1. The van der Waals surface area contributed by atoms with Crippen molar-refractivity contribution in [1.82, 2.24) is 0 Å². The molecule has 0 radical (unpaired) electrons. The fourth-order valence-corrected chi connectivity index (χ4v) is 1.20. The summed E-state index contributed by atoms with van der Waals surface area (Å²) in [5.74, 6) is 0.663. The highest BCUT2D eigenvalue weighted by atomic mass is 35.5. The van der Waals surface area contributed by atoms with E-state index in [1.54, 1.807) is 20.1 Å². The monoisotopic (exact) mass is 188 g/mol. The van der Waals surface area contributed by atoms with Crippen molar-refractivity contribution in [2.24, 2.45) is 0 Å². The molecule has 0 saturated heterocycles. The lowest BCUT2D eigenvalue weighted by Crippen LogP contribution is -1.93. The van der Waals surface area contributed by atoms with Crippen LogP contribution in [0.15, 0.2) is 12.1 Å². The standard InChI is InChI=1S/C9H10ClFO/c1-6-3-9(12-2)7(5-10)4-8(6)11/h3-4H,5H2,1-2H3. The quantitative estimate of drug-likeness (QED) is 0.649. The molecule has 0 unspecified atom stereocenters. The summed E-state index contributed by atoms with van der Waals surface area (Å²) < 4.78 is 18.0. The van der Waals surface area contributed by atoms with E-state index < -0.39 is 0 Å². The van der Waals surface area contributed by atoms with Crippen molar-refractivity contribution in [2.45, 2.75) is 12.8 Å². The van der Waals surface area contributed by atoms with Gasteiger partial charge in [0, 0.05) is 5.56 Å². The molecular formula is C9H10ClFO. The average Bonchev–Trinajstić information content (AvgIpc) is 2.09. The molecule has 0 bridgehead atoms. The van der Waals surface area contributed by atoms with E-state index >= 15 is 0 Å². The minimum atomic E-state index is -0.244. The van der Waals surface area contributed by atoms with Gasteiger partial charge in [-0.3, -0.25) is 0 Å². The molecule has 0 spiro atoms. The van der Waals surface area contributed by atoms with Gasteiger partial charge in [0.1, 0.15) is 11.6 Å². The van der Waals surface area contributed by atoms with E-state index in [2.05, 4.69) is 0 Å². The molecule has 0 N–H and O–H groups in total. The SMILES string of the molecule is COc1cc(C)c(F)cc1CCl. The molecule has 0 aliphatic carbocycles. The highest BCUT2D eigenvalue weighted by Crippen LogP contribution is 2.23. The van der Waals surface area contributed by atoms with Crippen LogP contribution in [0.2, 0.25) is 0 Å². The second kappa shape index (κ2) is 3.76. The van der Waals surface area contributed by atoms with Gasteiger partial charge in [-0.05, 0) is 24.6 Å². The number of hydrogen-bond donors (Lipinski definition) is 0. The summed E-state index contributed by atoms with van der Waals surface area (Å²) in [6.45, 7) is 1.69. The van der Waals surface area contributed by atoms with Crippen LogP contribution in [-0.4, -0.2) is 7.11 Å². The maximum atomic E-state index is 13.0. The van der Waals surface area contributed by atoms with Gasteiger partial charge >= 0.3 is 0 Å². The maximum absolute atomic E-state index is 13.0. The Kier molecular flexibility index (Phi) is 2.93. The minimum Gasteiger partial charge on any atom is -0.496 e. The zero-order valence-electron chi connectivity index (χ0n) is 7.03. The van der Waals surface area contributed by atoms with Crippen molar-refractivity contribution >= 4 is 11.6 Å². The molecule has 12 heavy (non-hydrogen) atoms. The van der Waals surface area contributed by atoms with Crippen LogP contribution in [0.4, 0.5) is 4.39 Å². The highest BCUT2D eigenvalue weighted by molar-refractivity contribution is 6.17. The van der Waals surface area contributed by atoms with Gasteiger partial charge in [0.05, 0.1) is 13.0 Å². The maximum Gasteiger partial charge on any atom is 0.126 e. The second-order valence-corrected chi connectivity index (χ2v) is 2.81. The number of halogens is 2. The number of benzene rings is 1. The lowest BCUT2D eigenvalue weighted by atomic mass is 10.1. The predicted octanol–water partition coefficient (Wildman–Crippen LogP) is 2.88. The summed E-state index contributed by atoms with van der Waals surface area (Å²) in [4.78, 5) is 0. The molecule has 0 fully saturated rings. The normalized spacial score (nSPS) is 10.0. The van der Waals surface area contributed by atoms with Gasteiger partial charge in [0.15, 0.2) is 0 Å². The molecule has 1 aromatic rings. The second-order valence-electron chi connectivity index (χ2n) is 2.55. The Hall–Kier alpha value is -0.760. The lowest BCUT2D eigenvalue weighted by molar-refractivity contribution is 0.409. The Balaban J connectivity index is 3.19. The van der Waals surface area contributed by atoms with Crippen LogP contribution in [0.1, 0.15) is 11.1 Å². The Labute approximate surface area is 76.1 Å². The molecule has 0 amide bonds. The summed E-state index contributed by atoms with van der Waals surface area (Å²) in [5, 5.41) is 0. The first-order valence-corrected chi connectivity index (χ1v) is 4.11. The molecule has 1 rings (SSSR count). The fourth-order valence-electron chi connectivity index (χ4n) is 0.991. The smallest absolute Gasteiger partial charge is 0.126 e. The van der Waals surface area contributed by atoms with Crippen LogP contribution in [0.25, 0.3) is 0 Å². The Morgan fingerprint density at radius 3 is 2.67 bits per heavy atom. The lowest BCUT2D eigenvalue weighted by Gasteiger charge is -2.07. The summed E-state index contributed by atoms with van der Waals surface area (Å²) in [7, 11) is 1.54. The predicted molar refractivity (Wildman–Crippen MR) is 47.2 cm³/mol. The third-order valence-electron chi connectivity index (χ3n) is 1.71. The summed E-state index contributed by atoms with van der Waals surface area (Å²) in [5.41, 5.74) is 1.25. The van der Waals surface area contributed by atoms with Gasteiger partial charge in [-0.2, -0.15) is 0 Å². The van der Waals surface area contributed by atoms with E-state index in [1.807, 2.05) is 0 Å². The average molecular weight is 189 g/mol. The van der Waals surface area contributed by atoms with Crippen molar-refractivity contribution in [2.75, 3.05) is 7.11 Å². The number of rotatable bonds is 2. The molecule has 0 saturated carbocycles. The van der Waals surface area contributed by atoms with Gasteiger partial charge < -0.3 is 4.74 Å². The van der Waals surface area contributed by atoms with Gasteiger partial charge in [-0.25, -0.2) is 4.39 Å². The first kappa shape index (κ1) is 9.33. The van der Waals surface area contributed by atoms with Gasteiger partial charge in [-0.15, -0.1) is 11.6 Å². The van der Waals surface area contributed by atoms with E-state index in [0.717, 1.165) is 0 Å². The van der Waals surface area contributed by atoms with Gasteiger partial charge in [-0.1, -0.05) is 0 Å². The topological polar surface area (TPSA) is 9.23 Å². The summed E-state index contributed by atoms with van der Waals surface area (Å²) >= 11 is 5.59. The summed E-state index contributed by atoms with van der Waals surface area (Å²) in [6, 6.07) is 3.05. The molecule has 0 aromatic heterocycles. The van der Waals surface area contributed by atoms with Crippen LogP contribution >= 0.6 is 11.6 Å². The number of aryl methyl sites for hydroxylation is 1. The highest BCUT2D eigenvalue weighted by Gasteiger charge is 2.05. The molecule has 66 valence electrons. The van der Waals surface area contributed by atoms with Crippen LogP contribution in [0.5, 0.6) is 5.75 Å². The van der Waals surface area contributed by atoms with Crippen molar-refractivity contribution in [3.05, 3.63) is 29.1 Å². The minimum absolute atomic E-state index is 0.244. The third kappa shape index (κ3) is 1.69. The van der Waals surface area contributed by atoms with Crippen molar-refractivity contribution in [1.29, 1.82) is 0 Å². The Bertz CT molecular complexity index is 257. The molecule has 3 heteroatoms. The first-order valence-electron chi connectivity index (χ1n) is 3.58. The Morgan fingerprint density at radius 2 is 2.17 bits per heavy atom. The molecule has 0 heterocycles. The molecule has 0 aliphatic rings. The zero-order valence-corrected chi connectivity index (χ0v) is 7.78. The van der Waals surface area contributed by atoms with Gasteiger partial charge in [0.2, 0.25) is 0 Å². The zero-order chi connectivity index (χ0) is 9.14. The largest absolute Gasteiger partial charge is 0.496 e. The van der Waals surface area contributed by atoms with E-state index in [1.165, 1.54) is 6.07 Å². The molecule has 1 aromatic carbocycles. The van der Waals surface area contributed by atoms with Gasteiger partial charge in [0.25, 0.3) is 0 Å². The van der Waals surface area contributed by atoms with Crippen molar-refractivity contribution in [3.8, 4) is 5.75 Å². The van der Waals surface area contributed by atoms with Crippen LogP contribution in [0.3, 0.4) is 0 Å². The fraction of sp³-hybridized carbons (Fsp3) is 0.333.